The van der Waals surface area contributed by atoms with Crippen molar-refractivity contribution < 1.29 is 13.2 Å². The lowest BCUT2D eigenvalue weighted by atomic mass is 10.5. The SMILES string of the molecule is CN(C)C(=O)CN(C)S(=O)(=O)c1ccc(CN)s1. The van der Waals surface area contributed by atoms with Crippen LogP contribution < -0.4 is 5.73 Å². The van der Waals surface area contributed by atoms with Crippen molar-refractivity contribution in [2.75, 3.05) is 27.7 Å². The molecule has 0 saturated heterocycles. The number of nitrogens with zero attached hydrogens (tertiary/aromatic N) is 2. The second-order valence-corrected chi connectivity index (χ2v) is 7.41. The predicted octanol–water partition coefficient (Wildman–Crippen LogP) is -0.0845. The summed E-state index contributed by atoms with van der Waals surface area (Å²) in [4.78, 5) is 13.6. The Morgan fingerprint density at radius 3 is 2.39 bits per heavy atom. The summed E-state index contributed by atoms with van der Waals surface area (Å²) in [5, 5.41) is 0. The van der Waals surface area contributed by atoms with Crippen LogP contribution >= 0.6 is 11.3 Å². The van der Waals surface area contributed by atoms with E-state index in [1.807, 2.05) is 0 Å². The third-order valence-electron chi connectivity index (χ3n) is 2.36. The topological polar surface area (TPSA) is 83.7 Å². The highest BCUT2D eigenvalue weighted by molar-refractivity contribution is 7.91. The molecule has 0 aliphatic carbocycles. The fraction of sp³-hybridized carbons (Fsp3) is 0.500. The van der Waals surface area contributed by atoms with E-state index in [1.165, 1.54) is 18.0 Å². The van der Waals surface area contributed by atoms with E-state index in [2.05, 4.69) is 0 Å². The summed E-state index contributed by atoms with van der Waals surface area (Å²) in [5.41, 5.74) is 5.44. The van der Waals surface area contributed by atoms with E-state index in [0.717, 1.165) is 20.5 Å². The molecule has 0 radical (unpaired) electrons. The molecule has 1 aromatic heterocycles. The molecule has 18 heavy (non-hydrogen) atoms. The van der Waals surface area contributed by atoms with Crippen LogP contribution in [0.1, 0.15) is 4.88 Å². The van der Waals surface area contributed by atoms with Gasteiger partial charge in [-0.3, -0.25) is 4.79 Å². The highest BCUT2D eigenvalue weighted by Crippen LogP contribution is 2.23. The number of hydrogen-bond acceptors (Lipinski definition) is 5. The molecule has 0 atom stereocenters. The molecule has 0 aliphatic heterocycles. The third-order valence-corrected chi connectivity index (χ3v) is 5.74. The third kappa shape index (κ3) is 3.29. The molecule has 2 N–H and O–H groups in total. The van der Waals surface area contributed by atoms with Gasteiger partial charge in [0.05, 0.1) is 6.54 Å². The van der Waals surface area contributed by atoms with Crippen molar-refractivity contribution in [3.63, 3.8) is 0 Å². The Morgan fingerprint density at radius 2 is 1.94 bits per heavy atom. The molecule has 0 fully saturated rings. The average Bonchev–Trinajstić information content (AvgIpc) is 2.77. The lowest BCUT2D eigenvalue weighted by Crippen LogP contribution is -2.37. The molecule has 1 rings (SSSR count). The quantitative estimate of drug-likeness (QED) is 0.822. The van der Waals surface area contributed by atoms with E-state index in [9.17, 15) is 13.2 Å². The van der Waals surface area contributed by atoms with Gasteiger partial charge in [0.15, 0.2) is 0 Å². The maximum Gasteiger partial charge on any atom is 0.252 e. The number of hydrogen-bond donors (Lipinski definition) is 1. The van der Waals surface area contributed by atoms with Crippen molar-refractivity contribution in [1.82, 2.24) is 9.21 Å². The van der Waals surface area contributed by atoms with Crippen molar-refractivity contribution in [2.45, 2.75) is 10.8 Å². The summed E-state index contributed by atoms with van der Waals surface area (Å²) in [5.74, 6) is -0.267. The van der Waals surface area contributed by atoms with Crippen molar-refractivity contribution in [2.24, 2.45) is 5.73 Å². The van der Waals surface area contributed by atoms with Gasteiger partial charge in [0.2, 0.25) is 5.91 Å². The van der Waals surface area contributed by atoms with Crippen LogP contribution in [0, 0.1) is 0 Å². The van der Waals surface area contributed by atoms with Crippen molar-refractivity contribution >= 4 is 27.3 Å². The van der Waals surface area contributed by atoms with Crippen LogP contribution in [0.15, 0.2) is 16.3 Å². The molecule has 0 spiro atoms. The second kappa shape index (κ2) is 5.79. The van der Waals surface area contributed by atoms with Crippen LogP contribution in [0.5, 0.6) is 0 Å². The van der Waals surface area contributed by atoms with Gasteiger partial charge in [-0.05, 0) is 12.1 Å². The van der Waals surface area contributed by atoms with Crippen LogP contribution in [-0.2, 0) is 21.4 Å². The van der Waals surface area contributed by atoms with Crippen molar-refractivity contribution in [3.05, 3.63) is 17.0 Å². The van der Waals surface area contributed by atoms with Gasteiger partial charge < -0.3 is 10.6 Å². The number of thiophene rings is 1. The fourth-order valence-corrected chi connectivity index (χ4v) is 3.74. The van der Waals surface area contributed by atoms with Gasteiger partial charge >= 0.3 is 0 Å². The van der Waals surface area contributed by atoms with E-state index in [0.29, 0.717) is 6.54 Å². The summed E-state index contributed by atoms with van der Waals surface area (Å²) in [6.07, 6.45) is 0. The molecule has 1 amide bonds. The molecule has 6 nitrogen and oxygen atoms in total. The largest absolute Gasteiger partial charge is 0.348 e. The number of rotatable bonds is 5. The van der Waals surface area contributed by atoms with Gasteiger partial charge in [0.25, 0.3) is 10.0 Å². The van der Waals surface area contributed by atoms with E-state index in [-0.39, 0.29) is 16.7 Å². The van der Waals surface area contributed by atoms with E-state index < -0.39 is 10.0 Å². The molecule has 0 bridgehead atoms. The van der Waals surface area contributed by atoms with Gasteiger partial charge in [-0.15, -0.1) is 11.3 Å². The van der Waals surface area contributed by atoms with Gasteiger partial charge in [-0.25, -0.2) is 8.42 Å². The number of amides is 1. The van der Waals surface area contributed by atoms with Gasteiger partial charge in [-0.1, -0.05) is 0 Å². The molecule has 0 unspecified atom stereocenters. The number of likely N-dealkylation sites (N-methyl/N-ethyl adjacent to an activating group) is 2. The molecule has 1 aromatic rings. The van der Waals surface area contributed by atoms with Gasteiger partial charge in [-0.2, -0.15) is 4.31 Å². The summed E-state index contributed by atoms with van der Waals surface area (Å²) >= 11 is 1.12. The minimum Gasteiger partial charge on any atom is -0.348 e. The van der Waals surface area contributed by atoms with Crippen LogP contribution in [0.4, 0.5) is 0 Å². The highest BCUT2D eigenvalue weighted by Gasteiger charge is 2.25. The fourth-order valence-electron chi connectivity index (χ4n) is 1.18. The molecule has 102 valence electrons. The van der Waals surface area contributed by atoms with Crippen LogP contribution in [0.3, 0.4) is 0 Å². The minimum atomic E-state index is -3.61. The molecule has 1 heterocycles. The maximum atomic E-state index is 12.1. The Kier molecular flexibility index (Phi) is 4.85. The molecular formula is C10H17N3O3S2. The van der Waals surface area contributed by atoms with Crippen molar-refractivity contribution in [3.8, 4) is 0 Å². The van der Waals surface area contributed by atoms with E-state index in [1.54, 1.807) is 20.2 Å². The normalized spacial score (nSPS) is 11.8. The standard InChI is InChI=1S/C10H17N3O3S2/c1-12(2)9(14)7-13(3)18(15,16)10-5-4-8(6-11)17-10/h4-5H,6-7,11H2,1-3H3. The maximum absolute atomic E-state index is 12.1. The Bertz CT molecular complexity index is 522. The number of carbonyl (C=O) groups is 1. The number of nitrogens with two attached hydrogens (primary N) is 1. The lowest BCUT2D eigenvalue weighted by Gasteiger charge is -2.18. The molecule has 0 saturated carbocycles. The Labute approximate surface area is 111 Å². The number of carbonyl (C=O) groups excluding carboxylic acids is 1. The molecular weight excluding hydrogens is 274 g/mol. The first-order valence-corrected chi connectivity index (χ1v) is 7.50. The summed E-state index contributed by atoms with van der Waals surface area (Å²) in [6.45, 7) is 0.131. The van der Waals surface area contributed by atoms with E-state index in [4.69, 9.17) is 5.73 Å². The van der Waals surface area contributed by atoms with Crippen LogP contribution in [0.25, 0.3) is 0 Å². The number of sulfonamides is 1. The zero-order valence-electron chi connectivity index (χ0n) is 10.6. The van der Waals surface area contributed by atoms with Crippen LogP contribution in [0.2, 0.25) is 0 Å². The minimum absolute atomic E-state index is 0.175. The Hall–Kier alpha value is -0.960. The highest BCUT2D eigenvalue weighted by atomic mass is 32.2. The van der Waals surface area contributed by atoms with Crippen molar-refractivity contribution in [1.29, 1.82) is 0 Å². The molecule has 0 aromatic carbocycles. The lowest BCUT2D eigenvalue weighted by molar-refractivity contribution is -0.128. The first kappa shape index (κ1) is 15.1. The zero-order chi connectivity index (χ0) is 13.9. The van der Waals surface area contributed by atoms with E-state index >= 15 is 0 Å². The monoisotopic (exact) mass is 291 g/mol. The zero-order valence-corrected chi connectivity index (χ0v) is 12.2. The second-order valence-electron chi connectivity index (χ2n) is 3.97. The summed E-state index contributed by atoms with van der Waals surface area (Å²) < 4.78 is 25.5. The molecule has 0 aliphatic rings. The first-order chi connectivity index (χ1) is 8.28. The van der Waals surface area contributed by atoms with Crippen LogP contribution in [-0.4, -0.2) is 51.2 Å². The Balaban J connectivity index is 2.89. The van der Waals surface area contributed by atoms with Gasteiger partial charge in [0.1, 0.15) is 4.21 Å². The first-order valence-electron chi connectivity index (χ1n) is 5.24. The van der Waals surface area contributed by atoms with Gasteiger partial charge in [0, 0.05) is 32.6 Å². The smallest absolute Gasteiger partial charge is 0.252 e. The molecule has 8 heteroatoms. The summed E-state index contributed by atoms with van der Waals surface area (Å²) in [7, 11) is 0.947. The summed E-state index contributed by atoms with van der Waals surface area (Å²) in [6, 6.07) is 3.19. The Morgan fingerprint density at radius 1 is 1.33 bits per heavy atom. The predicted molar refractivity (Wildman–Crippen MR) is 70.7 cm³/mol. The average molecular weight is 291 g/mol.